The molecular weight excluding hydrogens is 470 g/mol. The van der Waals surface area contributed by atoms with Crippen LogP contribution in [-0.2, 0) is 14.9 Å². The number of carbonyl (C=O) groups is 1. The van der Waals surface area contributed by atoms with E-state index in [2.05, 4.69) is 26.1 Å². The summed E-state index contributed by atoms with van der Waals surface area (Å²) in [6.07, 6.45) is 5.67. The second kappa shape index (κ2) is 9.86. The summed E-state index contributed by atoms with van der Waals surface area (Å²) < 4.78 is 30.5. The van der Waals surface area contributed by atoms with Gasteiger partial charge < -0.3 is 20.6 Å². The van der Waals surface area contributed by atoms with Crippen LogP contribution in [0.4, 0.5) is 0 Å². The van der Waals surface area contributed by atoms with Crippen molar-refractivity contribution in [2.75, 3.05) is 12.3 Å². The Morgan fingerprint density at radius 3 is 2.46 bits per heavy atom. The molecule has 202 valence electrons. The summed E-state index contributed by atoms with van der Waals surface area (Å²) in [6.45, 7) is 6.56. The molecule has 9 heteroatoms. The highest BCUT2D eigenvalue weighted by atomic mass is 32.2. The summed E-state index contributed by atoms with van der Waals surface area (Å²) in [6, 6.07) is 0. The van der Waals surface area contributed by atoms with E-state index < -0.39 is 28.1 Å². The zero-order valence-electron chi connectivity index (χ0n) is 21.4. The minimum absolute atomic E-state index is 0.0509. The molecule has 0 bridgehead atoms. The van der Waals surface area contributed by atoms with Crippen molar-refractivity contribution >= 4 is 16.0 Å². The Labute approximate surface area is 210 Å². The van der Waals surface area contributed by atoms with Crippen molar-refractivity contribution in [1.82, 2.24) is 5.32 Å². The fourth-order valence-electron chi connectivity index (χ4n) is 9.10. The summed E-state index contributed by atoms with van der Waals surface area (Å²) in [4.78, 5) is 12.2. The second-order valence-electron chi connectivity index (χ2n) is 12.7. The Morgan fingerprint density at radius 1 is 1.06 bits per heavy atom. The van der Waals surface area contributed by atoms with Crippen LogP contribution in [0.5, 0.6) is 0 Å². The quantitative estimate of drug-likeness (QED) is 0.327. The molecule has 11 atom stereocenters. The van der Waals surface area contributed by atoms with Crippen LogP contribution in [0.25, 0.3) is 0 Å². The van der Waals surface area contributed by atoms with Crippen molar-refractivity contribution in [2.45, 2.75) is 96.9 Å². The first-order chi connectivity index (χ1) is 16.3. The molecule has 1 amide bonds. The van der Waals surface area contributed by atoms with Crippen LogP contribution in [0.1, 0.15) is 78.6 Å². The molecule has 4 fully saturated rings. The van der Waals surface area contributed by atoms with Gasteiger partial charge in [0.1, 0.15) is 0 Å². The normalized spacial score (nSPS) is 46.3. The lowest BCUT2D eigenvalue weighted by Gasteiger charge is -2.63. The molecule has 5 N–H and O–H groups in total. The second-order valence-corrected chi connectivity index (χ2v) is 14.2. The van der Waals surface area contributed by atoms with Gasteiger partial charge in [-0.25, -0.2) is 0 Å². The third kappa shape index (κ3) is 5.05. The average Bonchev–Trinajstić information content (AvgIpc) is 3.12. The first kappa shape index (κ1) is 27.3. The summed E-state index contributed by atoms with van der Waals surface area (Å²) in [5, 5.41) is 35.8. The first-order valence-electron chi connectivity index (χ1n) is 13.5. The molecule has 4 aliphatic carbocycles. The van der Waals surface area contributed by atoms with Gasteiger partial charge in [0, 0.05) is 13.0 Å². The molecule has 1 unspecified atom stereocenters. The Morgan fingerprint density at radius 2 is 1.77 bits per heavy atom. The van der Waals surface area contributed by atoms with E-state index in [1.807, 2.05) is 0 Å². The zero-order chi connectivity index (χ0) is 25.8. The van der Waals surface area contributed by atoms with E-state index in [9.17, 15) is 28.5 Å². The average molecular weight is 516 g/mol. The molecule has 4 saturated carbocycles. The molecule has 0 aromatic rings. The van der Waals surface area contributed by atoms with Gasteiger partial charge in [-0.05, 0) is 97.7 Å². The van der Waals surface area contributed by atoms with Crippen molar-refractivity contribution < 1.29 is 33.1 Å². The Balaban J connectivity index is 1.43. The van der Waals surface area contributed by atoms with E-state index in [0.29, 0.717) is 18.8 Å². The van der Waals surface area contributed by atoms with E-state index in [-0.39, 0.29) is 65.4 Å². The Bertz CT molecular complexity index is 896. The van der Waals surface area contributed by atoms with Crippen LogP contribution < -0.4 is 5.32 Å². The number of rotatable bonds is 7. The van der Waals surface area contributed by atoms with E-state index in [1.165, 1.54) is 0 Å². The van der Waals surface area contributed by atoms with Gasteiger partial charge in [-0.3, -0.25) is 9.35 Å². The Kier molecular flexibility index (Phi) is 7.69. The third-order valence-corrected chi connectivity index (χ3v) is 11.7. The molecule has 4 rings (SSSR count). The standard InChI is InChI=1S/C26H45NO7S/c1-15(4-7-23(31)27-10-11-35(32,33)34)18-5-6-19-24-20(14-22(30)26(18,19)3)25(2)9-8-17(28)12-16(25)13-21(24)29/h15-22,24,28-30H,4-14H2,1-3H3,(H,27,31)(H,32,33,34)/t15-,16+,17-,18?,19+,20+,21-,22+,24+,25+,26-/m1/s1. The van der Waals surface area contributed by atoms with Crippen LogP contribution in [0.2, 0.25) is 0 Å². The van der Waals surface area contributed by atoms with Gasteiger partial charge in [0.25, 0.3) is 10.1 Å². The number of nitrogens with one attached hydrogen (secondary N) is 1. The van der Waals surface area contributed by atoms with Crippen LogP contribution in [-0.4, -0.2) is 64.8 Å². The summed E-state index contributed by atoms with van der Waals surface area (Å²) >= 11 is 0. The van der Waals surface area contributed by atoms with Gasteiger partial charge in [0.2, 0.25) is 5.91 Å². The van der Waals surface area contributed by atoms with E-state index >= 15 is 0 Å². The molecule has 0 aliphatic heterocycles. The summed E-state index contributed by atoms with van der Waals surface area (Å²) in [5.74, 6) is 0.705. The summed E-state index contributed by atoms with van der Waals surface area (Å²) in [7, 11) is -4.10. The van der Waals surface area contributed by atoms with Crippen LogP contribution >= 0.6 is 0 Å². The number of carbonyl (C=O) groups excluding carboxylic acids is 1. The van der Waals surface area contributed by atoms with Crippen LogP contribution in [0.3, 0.4) is 0 Å². The molecule has 0 spiro atoms. The molecule has 0 saturated heterocycles. The van der Waals surface area contributed by atoms with Gasteiger partial charge in [-0.15, -0.1) is 0 Å². The van der Waals surface area contributed by atoms with Crippen molar-refractivity contribution in [3.05, 3.63) is 0 Å². The molecule has 0 heterocycles. The van der Waals surface area contributed by atoms with E-state index in [4.69, 9.17) is 4.55 Å². The van der Waals surface area contributed by atoms with Crippen LogP contribution in [0, 0.1) is 46.3 Å². The highest BCUT2D eigenvalue weighted by Gasteiger charge is 2.65. The smallest absolute Gasteiger partial charge is 0.266 e. The number of aliphatic hydroxyl groups is 3. The van der Waals surface area contributed by atoms with Crippen molar-refractivity contribution in [2.24, 2.45) is 46.3 Å². The zero-order valence-corrected chi connectivity index (χ0v) is 22.2. The minimum atomic E-state index is -4.10. The molecule has 35 heavy (non-hydrogen) atoms. The maximum Gasteiger partial charge on any atom is 0.266 e. The van der Waals surface area contributed by atoms with Crippen molar-refractivity contribution in [1.29, 1.82) is 0 Å². The van der Waals surface area contributed by atoms with Gasteiger partial charge >= 0.3 is 0 Å². The van der Waals surface area contributed by atoms with Gasteiger partial charge in [-0.1, -0.05) is 20.8 Å². The SMILES string of the molecule is C[C@H](CCC(=O)NCCS(=O)(=O)O)C1CC[C@H]2[C@@H]3[C@H](O)C[C@@H]4C[C@H](O)CC[C@]4(C)[C@H]3C[C@H](O)[C@]12C. The molecule has 0 aromatic heterocycles. The number of hydrogen-bond donors (Lipinski definition) is 5. The predicted molar refractivity (Wildman–Crippen MR) is 132 cm³/mol. The monoisotopic (exact) mass is 515 g/mol. The minimum Gasteiger partial charge on any atom is -0.393 e. The highest BCUT2D eigenvalue weighted by molar-refractivity contribution is 7.85. The van der Waals surface area contributed by atoms with Gasteiger partial charge in [0.05, 0.1) is 24.1 Å². The third-order valence-electron chi connectivity index (χ3n) is 11.0. The highest BCUT2D eigenvalue weighted by Crippen LogP contribution is 2.68. The number of fused-ring (bicyclic) bond motifs is 5. The Hall–Kier alpha value is -0.740. The molecular formula is C26H45NO7S. The van der Waals surface area contributed by atoms with Crippen molar-refractivity contribution in [3.63, 3.8) is 0 Å². The predicted octanol–water partition coefficient (Wildman–Crippen LogP) is 2.37. The maximum atomic E-state index is 12.2. The fraction of sp³-hybridized carbons (Fsp3) is 0.962. The molecule has 0 aromatic carbocycles. The lowest BCUT2D eigenvalue weighted by molar-refractivity contribution is -0.207. The molecule has 4 aliphatic rings. The van der Waals surface area contributed by atoms with E-state index in [0.717, 1.165) is 38.5 Å². The number of amides is 1. The molecule has 8 nitrogen and oxygen atoms in total. The maximum absolute atomic E-state index is 12.2. The van der Waals surface area contributed by atoms with Gasteiger partial charge in [0.15, 0.2) is 0 Å². The number of aliphatic hydroxyl groups excluding tert-OH is 3. The fourth-order valence-corrected chi connectivity index (χ4v) is 9.46. The first-order valence-corrected chi connectivity index (χ1v) is 15.1. The topological polar surface area (TPSA) is 144 Å². The number of hydrogen-bond acceptors (Lipinski definition) is 6. The molecule has 0 radical (unpaired) electrons. The largest absolute Gasteiger partial charge is 0.393 e. The lowest BCUT2D eigenvalue weighted by Crippen LogP contribution is -2.62. The van der Waals surface area contributed by atoms with Crippen LogP contribution in [0.15, 0.2) is 0 Å². The van der Waals surface area contributed by atoms with Gasteiger partial charge in [-0.2, -0.15) is 8.42 Å². The van der Waals surface area contributed by atoms with Crippen molar-refractivity contribution in [3.8, 4) is 0 Å². The summed E-state index contributed by atoms with van der Waals surface area (Å²) in [5.41, 5.74) is -0.254. The lowest BCUT2D eigenvalue weighted by atomic mass is 9.43. The van der Waals surface area contributed by atoms with E-state index in [1.54, 1.807) is 0 Å².